The normalized spacial score (nSPS) is 13.3. The lowest BCUT2D eigenvalue weighted by molar-refractivity contribution is -0.0109. The summed E-state index contributed by atoms with van der Waals surface area (Å²) in [6.45, 7) is 3.27. The molecule has 0 saturated heterocycles. The third-order valence-electron chi connectivity index (χ3n) is 1.95. The van der Waals surface area contributed by atoms with E-state index in [0.717, 1.165) is 0 Å². The van der Waals surface area contributed by atoms with Gasteiger partial charge in [-0.05, 0) is 19.9 Å². The van der Waals surface area contributed by atoms with Crippen molar-refractivity contribution in [1.82, 2.24) is 0 Å². The first-order valence-electron chi connectivity index (χ1n) is 4.71. The first-order valence-corrected chi connectivity index (χ1v) is 6.73. The molecule has 86 valence electrons. The second-order valence-corrected chi connectivity index (χ2v) is 6.33. The quantitative estimate of drug-likeness (QED) is 0.626. The van der Waals surface area contributed by atoms with Crippen LogP contribution < -0.4 is 0 Å². The zero-order valence-electron chi connectivity index (χ0n) is 8.78. The predicted octanol–water partition coefficient (Wildman–Crippen LogP) is 2.67. The summed E-state index contributed by atoms with van der Waals surface area (Å²) in [7, 11) is -3.71. The van der Waals surface area contributed by atoms with E-state index < -0.39 is 20.8 Å². The molecular weight excluding hydrogens is 213 g/mol. The van der Waals surface area contributed by atoms with Crippen molar-refractivity contribution < 1.29 is 22.0 Å². The first-order chi connectivity index (χ1) is 6.49. The Morgan fingerprint density at radius 2 is 1.50 bits per heavy atom. The molecule has 0 aliphatic heterocycles. The van der Waals surface area contributed by atoms with Gasteiger partial charge in [0.2, 0.25) is 0 Å². The minimum Gasteiger partial charge on any atom is -0.391 e. The molecule has 0 N–H and O–H groups in total. The maximum absolute atomic E-state index is 13.3. The molecule has 0 heterocycles. The van der Waals surface area contributed by atoms with E-state index in [0.29, 0.717) is 0 Å². The summed E-state index contributed by atoms with van der Waals surface area (Å²) < 4.78 is 48.8. The average molecular weight is 230 g/mol. The van der Waals surface area contributed by atoms with Gasteiger partial charge in [0.15, 0.2) is 6.67 Å². The molecule has 0 aliphatic rings. The van der Waals surface area contributed by atoms with Gasteiger partial charge in [0.1, 0.15) is 0 Å². The molecule has 0 rings (SSSR count). The van der Waals surface area contributed by atoms with Crippen LogP contribution in [0.25, 0.3) is 0 Å². The Bertz CT molecular complexity index is 161. The van der Waals surface area contributed by atoms with E-state index in [1.165, 1.54) is 0 Å². The Morgan fingerprint density at radius 1 is 1.07 bits per heavy atom. The number of rotatable bonds is 7. The largest absolute Gasteiger partial charge is 0.416 e. The number of alkyl halides is 3. The van der Waals surface area contributed by atoms with Gasteiger partial charge in [-0.3, -0.25) is 0 Å². The van der Waals surface area contributed by atoms with Crippen LogP contribution in [0, 0.1) is 0 Å². The summed E-state index contributed by atoms with van der Waals surface area (Å²) in [6, 6.07) is 0.0472. The van der Waals surface area contributed by atoms with Crippen molar-refractivity contribution in [1.29, 1.82) is 0 Å². The van der Waals surface area contributed by atoms with Gasteiger partial charge in [0, 0.05) is 13.2 Å². The molecule has 6 heteroatoms. The molecule has 0 radical (unpaired) electrons. The smallest absolute Gasteiger partial charge is 0.391 e. The van der Waals surface area contributed by atoms with Crippen LogP contribution >= 0.6 is 0 Å². The van der Waals surface area contributed by atoms with Crippen molar-refractivity contribution in [2.45, 2.75) is 32.4 Å². The topological polar surface area (TPSA) is 18.5 Å². The van der Waals surface area contributed by atoms with Gasteiger partial charge in [-0.25, -0.2) is 13.2 Å². The second-order valence-electron chi connectivity index (χ2n) is 2.81. The predicted molar refractivity (Wildman–Crippen MR) is 50.4 cm³/mol. The van der Waals surface area contributed by atoms with Crippen molar-refractivity contribution >= 4 is 8.56 Å². The van der Waals surface area contributed by atoms with Crippen LogP contribution in [0.1, 0.15) is 20.8 Å². The number of halogens is 3. The van der Waals surface area contributed by atoms with Gasteiger partial charge in [0.05, 0.1) is 0 Å². The highest BCUT2D eigenvalue weighted by atomic mass is 28.4. The van der Waals surface area contributed by atoms with Gasteiger partial charge < -0.3 is 8.85 Å². The van der Waals surface area contributed by atoms with Crippen molar-refractivity contribution in [3.8, 4) is 0 Å². The van der Waals surface area contributed by atoms with Gasteiger partial charge in [-0.15, -0.1) is 0 Å². The zero-order valence-corrected chi connectivity index (χ0v) is 9.78. The lowest BCUT2D eigenvalue weighted by Gasteiger charge is -2.33. The van der Waals surface area contributed by atoms with Crippen LogP contribution in [0.2, 0.25) is 6.04 Å². The van der Waals surface area contributed by atoms with E-state index in [9.17, 15) is 13.2 Å². The Labute approximate surface area is 83.6 Å². The highest BCUT2D eigenvalue weighted by Crippen LogP contribution is 2.32. The molecule has 0 amide bonds. The fraction of sp³-hybridized carbons (Fsp3) is 1.00. The summed E-state index contributed by atoms with van der Waals surface area (Å²) in [5, 5.41) is 0. The molecule has 0 spiro atoms. The first kappa shape index (κ1) is 13.9. The van der Waals surface area contributed by atoms with Gasteiger partial charge in [-0.1, -0.05) is 6.92 Å². The molecule has 0 aromatic heterocycles. The maximum atomic E-state index is 13.3. The molecule has 0 unspecified atom stereocenters. The van der Waals surface area contributed by atoms with E-state index in [4.69, 9.17) is 8.85 Å². The molecule has 14 heavy (non-hydrogen) atoms. The molecular formula is C8H17F3O2Si. The summed E-state index contributed by atoms with van der Waals surface area (Å²) in [5.74, 6) is 0. The van der Waals surface area contributed by atoms with Crippen LogP contribution in [-0.2, 0) is 8.85 Å². The SMILES string of the molecule is CCO[Si](CC)(OCC)C(F)(F)CF. The average Bonchev–Trinajstić information content (AvgIpc) is 2.17. The third-order valence-corrected chi connectivity index (χ3v) is 5.63. The summed E-state index contributed by atoms with van der Waals surface area (Å²) in [5.41, 5.74) is -3.46. The zero-order chi connectivity index (χ0) is 11.2. The standard InChI is InChI=1S/C8H17F3O2Si/c1-4-12-14(6-3,13-5-2)8(10,11)7-9/h4-7H2,1-3H3. The Morgan fingerprint density at radius 3 is 1.71 bits per heavy atom. The minimum atomic E-state index is -3.71. The van der Waals surface area contributed by atoms with Gasteiger partial charge >= 0.3 is 14.1 Å². The van der Waals surface area contributed by atoms with Crippen molar-refractivity contribution in [2.24, 2.45) is 0 Å². The number of hydrogen-bond acceptors (Lipinski definition) is 2. The molecule has 0 aromatic rings. The molecule has 0 aromatic carbocycles. The molecule has 2 nitrogen and oxygen atoms in total. The van der Waals surface area contributed by atoms with Crippen molar-refractivity contribution in [2.75, 3.05) is 19.9 Å². The lowest BCUT2D eigenvalue weighted by atomic mass is 10.8. The maximum Gasteiger partial charge on any atom is 0.416 e. The van der Waals surface area contributed by atoms with Crippen LogP contribution in [-0.4, -0.2) is 34.0 Å². The van der Waals surface area contributed by atoms with E-state index in [1.54, 1.807) is 20.8 Å². The molecule has 0 fully saturated rings. The van der Waals surface area contributed by atoms with Gasteiger partial charge in [0.25, 0.3) is 0 Å². The fourth-order valence-corrected chi connectivity index (χ4v) is 3.85. The summed E-state index contributed by atoms with van der Waals surface area (Å²) in [6.07, 6.45) is 0. The third kappa shape index (κ3) is 2.71. The Balaban J connectivity index is 4.80. The molecule has 0 atom stereocenters. The van der Waals surface area contributed by atoms with Gasteiger partial charge in [-0.2, -0.15) is 0 Å². The van der Waals surface area contributed by atoms with Crippen LogP contribution in [0.5, 0.6) is 0 Å². The van der Waals surface area contributed by atoms with E-state index in [2.05, 4.69) is 0 Å². The molecule has 0 aliphatic carbocycles. The van der Waals surface area contributed by atoms with Crippen LogP contribution in [0.3, 0.4) is 0 Å². The van der Waals surface area contributed by atoms with Crippen molar-refractivity contribution in [3.63, 3.8) is 0 Å². The Hall–Kier alpha value is -0.0731. The summed E-state index contributed by atoms with van der Waals surface area (Å²) >= 11 is 0. The molecule has 0 bridgehead atoms. The van der Waals surface area contributed by atoms with Crippen molar-refractivity contribution in [3.05, 3.63) is 0 Å². The highest BCUT2D eigenvalue weighted by Gasteiger charge is 2.59. The monoisotopic (exact) mass is 230 g/mol. The Kier molecular flexibility index (Phi) is 5.69. The lowest BCUT2D eigenvalue weighted by Crippen LogP contribution is -2.59. The second kappa shape index (κ2) is 5.72. The number of hydrogen-bond donors (Lipinski definition) is 0. The minimum absolute atomic E-state index is 0.0472. The van der Waals surface area contributed by atoms with Crippen LogP contribution in [0.15, 0.2) is 0 Å². The van der Waals surface area contributed by atoms with E-state index >= 15 is 0 Å². The summed E-state index contributed by atoms with van der Waals surface area (Å²) in [4.78, 5) is 0. The fourth-order valence-electron chi connectivity index (χ4n) is 1.28. The molecule has 0 saturated carbocycles. The van der Waals surface area contributed by atoms with E-state index in [-0.39, 0.29) is 19.3 Å². The highest BCUT2D eigenvalue weighted by molar-refractivity contribution is 6.70. The van der Waals surface area contributed by atoms with E-state index in [1.807, 2.05) is 0 Å². The van der Waals surface area contributed by atoms with Crippen LogP contribution in [0.4, 0.5) is 13.2 Å².